The van der Waals surface area contributed by atoms with Crippen LogP contribution in [-0.4, -0.2) is 65.6 Å². The average molecular weight is 546 g/mol. The number of benzene rings is 1. The molecule has 0 unspecified atom stereocenters. The Kier molecular flexibility index (Phi) is 7.60. The van der Waals surface area contributed by atoms with E-state index < -0.39 is 5.97 Å². The van der Waals surface area contributed by atoms with Crippen molar-refractivity contribution in [3.05, 3.63) is 57.4 Å². The van der Waals surface area contributed by atoms with Crippen molar-refractivity contribution in [2.45, 2.75) is 103 Å². The summed E-state index contributed by atoms with van der Waals surface area (Å²) in [6.07, 6.45) is 9.36. The third kappa shape index (κ3) is 5.37. The predicted octanol–water partition coefficient (Wildman–Crippen LogP) is 5.77. The molecule has 2 aliphatic heterocycles. The van der Waals surface area contributed by atoms with E-state index in [4.69, 9.17) is 9.47 Å². The Morgan fingerprint density at radius 1 is 1.00 bits per heavy atom. The zero-order valence-corrected chi connectivity index (χ0v) is 24.5. The predicted molar refractivity (Wildman–Crippen MR) is 154 cm³/mol. The smallest absolute Gasteiger partial charge is 0.339 e. The van der Waals surface area contributed by atoms with Crippen LogP contribution in [0.3, 0.4) is 0 Å². The van der Waals surface area contributed by atoms with E-state index in [0.29, 0.717) is 29.3 Å². The van der Waals surface area contributed by atoms with Gasteiger partial charge in [-0.3, -0.25) is 14.7 Å². The average Bonchev–Trinajstić information content (AvgIpc) is 3.74. The zero-order valence-electron chi connectivity index (χ0n) is 24.5. The molecule has 0 atom stereocenters. The number of carbonyl (C=O) groups is 2. The molecule has 7 nitrogen and oxygen atoms in total. The van der Waals surface area contributed by atoms with Crippen LogP contribution in [0, 0.1) is 6.92 Å². The Balaban J connectivity index is 1.15. The van der Waals surface area contributed by atoms with Gasteiger partial charge in [0.25, 0.3) is 5.91 Å². The number of fused-ring (bicyclic) bond motifs is 1. The van der Waals surface area contributed by atoms with Gasteiger partial charge in [0.05, 0.1) is 35.7 Å². The molecule has 1 saturated heterocycles. The normalized spacial score (nSPS) is 20.4. The maximum absolute atomic E-state index is 13.5. The van der Waals surface area contributed by atoms with Crippen molar-refractivity contribution < 1.29 is 19.1 Å². The van der Waals surface area contributed by atoms with Crippen LogP contribution >= 0.6 is 0 Å². The van der Waals surface area contributed by atoms with E-state index in [-0.39, 0.29) is 18.1 Å². The molecule has 40 heavy (non-hydrogen) atoms. The summed E-state index contributed by atoms with van der Waals surface area (Å²) in [6, 6.07) is 6.76. The maximum Gasteiger partial charge on any atom is 0.339 e. The summed E-state index contributed by atoms with van der Waals surface area (Å²) < 4.78 is 11.3. The van der Waals surface area contributed by atoms with Crippen LogP contribution in [0.2, 0.25) is 0 Å². The van der Waals surface area contributed by atoms with Gasteiger partial charge in [0.15, 0.2) is 0 Å². The van der Waals surface area contributed by atoms with Gasteiger partial charge >= 0.3 is 5.97 Å². The third-order valence-electron chi connectivity index (χ3n) is 9.36. The quantitative estimate of drug-likeness (QED) is 0.392. The van der Waals surface area contributed by atoms with Crippen LogP contribution in [0.15, 0.2) is 18.2 Å². The van der Waals surface area contributed by atoms with E-state index in [2.05, 4.69) is 35.9 Å². The van der Waals surface area contributed by atoms with E-state index in [9.17, 15) is 9.59 Å². The molecule has 7 heteroatoms. The number of aromatic nitrogens is 1. The number of piperidine rings is 1. The SMILES string of the molecule is COC(=O)c1cc2c(nc1C)CCN(C1CCN(Cc3cc(C4CC4)c(C4CCC4)cc3OC(C)C)CC1)C2=O. The summed E-state index contributed by atoms with van der Waals surface area (Å²) in [5.41, 5.74) is 6.78. The second-order valence-corrected chi connectivity index (χ2v) is 12.5. The summed E-state index contributed by atoms with van der Waals surface area (Å²) in [5, 5.41) is 0. The van der Waals surface area contributed by atoms with Gasteiger partial charge in [-0.25, -0.2) is 4.79 Å². The first-order valence-electron chi connectivity index (χ1n) is 15.3. The van der Waals surface area contributed by atoms with E-state index in [1.807, 2.05) is 4.90 Å². The lowest BCUT2D eigenvalue weighted by Crippen LogP contribution is -2.50. The number of methoxy groups -OCH3 is 1. The first kappa shape index (κ1) is 27.3. The highest BCUT2D eigenvalue weighted by Gasteiger charge is 2.35. The molecule has 3 fully saturated rings. The molecule has 1 amide bonds. The van der Waals surface area contributed by atoms with E-state index in [1.54, 1.807) is 24.1 Å². The first-order chi connectivity index (χ1) is 19.3. The molecule has 2 aromatic rings. The number of hydrogen-bond acceptors (Lipinski definition) is 6. The highest BCUT2D eigenvalue weighted by molar-refractivity contribution is 6.00. The Morgan fingerprint density at radius 3 is 2.33 bits per heavy atom. The second-order valence-electron chi connectivity index (χ2n) is 12.5. The Hall–Kier alpha value is -2.93. The van der Waals surface area contributed by atoms with Crippen LogP contribution in [0.4, 0.5) is 0 Å². The number of rotatable bonds is 8. The van der Waals surface area contributed by atoms with Crippen LogP contribution < -0.4 is 4.74 Å². The summed E-state index contributed by atoms with van der Waals surface area (Å²) in [6.45, 7) is 9.50. The van der Waals surface area contributed by atoms with Gasteiger partial charge in [-0.15, -0.1) is 0 Å². The lowest BCUT2D eigenvalue weighted by molar-refractivity contribution is 0.0542. The minimum absolute atomic E-state index is 0.00867. The Labute approximate surface area is 238 Å². The number of aryl methyl sites for hydroxylation is 1. The van der Waals surface area contributed by atoms with Crippen molar-refractivity contribution in [3.8, 4) is 5.75 Å². The molecule has 0 N–H and O–H groups in total. The number of esters is 1. The minimum atomic E-state index is -0.447. The van der Waals surface area contributed by atoms with Gasteiger partial charge in [-0.05, 0) is 94.4 Å². The molecule has 1 aromatic heterocycles. The van der Waals surface area contributed by atoms with Gasteiger partial charge in [0, 0.05) is 44.2 Å². The molecule has 3 heterocycles. The summed E-state index contributed by atoms with van der Waals surface area (Å²) >= 11 is 0. The van der Waals surface area contributed by atoms with Crippen LogP contribution in [-0.2, 0) is 17.7 Å². The molecular formula is C33H43N3O4. The van der Waals surface area contributed by atoms with E-state index >= 15 is 0 Å². The first-order valence-corrected chi connectivity index (χ1v) is 15.3. The van der Waals surface area contributed by atoms with Crippen molar-refractivity contribution >= 4 is 11.9 Å². The molecule has 6 rings (SSSR count). The van der Waals surface area contributed by atoms with Gasteiger partial charge in [0.1, 0.15) is 5.75 Å². The van der Waals surface area contributed by atoms with Gasteiger partial charge in [-0.1, -0.05) is 12.5 Å². The molecule has 1 aromatic carbocycles. The molecule has 214 valence electrons. The number of pyridine rings is 1. The molecule has 0 radical (unpaired) electrons. The van der Waals surface area contributed by atoms with Gasteiger partial charge in [0.2, 0.25) is 0 Å². The largest absolute Gasteiger partial charge is 0.491 e. The molecule has 2 saturated carbocycles. The van der Waals surface area contributed by atoms with Gasteiger partial charge in [-0.2, -0.15) is 0 Å². The molecule has 4 aliphatic rings. The summed E-state index contributed by atoms with van der Waals surface area (Å²) in [5.74, 6) is 2.06. The lowest BCUT2D eigenvalue weighted by atomic mass is 9.77. The Bertz CT molecular complexity index is 1290. The molecule has 0 spiro atoms. The van der Waals surface area contributed by atoms with E-state index in [0.717, 1.165) is 56.3 Å². The molecule has 0 bridgehead atoms. The highest BCUT2D eigenvalue weighted by atomic mass is 16.5. The number of likely N-dealkylation sites (tertiary alicyclic amines) is 1. The van der Waals surface area contributed by atoms with Crippen molar-refractivity contribution in [3.63, 3.8) is 0 Å². The molecular weight excluding hydrogens is 502 g/mol. The second kappa shape index (κ2) is 11.2. The van der Waals surface area contributed by atoms with Crippen LogP contribution in [0.25, 0.3) is 0 Å². The van der Waals surface area contributed by atoms with Crippen molar-refractivity contribution in [2.75, 3.05) is 26.7 Å². The van der Waals surface area contributed by atoms with Crippen molar-refractivity contribution in [1.82, 2.24) is 14.8 Å². The van der Waals surface area contributed by atoms with Gasteiger partial charge < -0.3 is 14.4 Å². The highest BCUT2D eigenvalue weighted by Crippen LogP contribution is 2.49. The summed E-state index contributed by atoms with van der Waals surface area (Å²) in [4.78, 5) is 34.9. The van der Waals surface area contributed by atoms with Crippen molar-refractivity contribution in [1.29, 1.82) is 0 Å². The minimum Gasteiger partial charge on any atom is -0.491 e. The lowest BCUT2D eigenvalue weighted by Gasteiger charge is -2.40. The van der Waals surface area contributed by atoms with Crippen molar-refractivity contribution in [2.24, 2.45) is 0 Å². The number of amides is 1. The van der Waals surface area contributed by atoms with Crippen LogP contribution in [0.1, 0.15) is 119 Å². The summed E-state index contributed by atoms with van der Waals surface area (Å²) in [7, 11) is 1.36. The topological polar surface area (TPSA) is 72.0 Å². The fraction of sp³-hybridized carbons (Fsp3) is 0.606. The van der Waals surface area contributed by atoms with Crippen LogP contribution in [0.5, 0.6) is 5.75 Å². The fourth-order valence-electron chi connectivity index (χ4n) is 6.78. The maximum atomic E-state index is 13.5. The van der Waals surface area contributed by atoms with E-state index in [1.165, 1.54) is 44.8 Å². The third-order valence-corrected chi connectivity index (χ3v) is 9.36. The zero-order chi connectivity index (χ0) is 28.0. The number of carbonyl (C=O) groups excluding carboxylic acids is 2. The monoisotopic (exact) mass is 545 g/mol. The number of hydrogen-bond donors (Lipinski definition) is 0. The Morgan fingerprint density at radius 2 is 1.70 bits per heavy atom. The number of nitrogens with zero attached hydrogens (tertiary/aromatic N) is 3. The standard InChI is InChI=1S/C33H43N3O4/c1-20(2)40-31-18-28(22-6-5-7-22)27(23-8-9-23)16-24(31)19-35-13-10-25(11-14-35)36-15-12-30-29(32(36)37)17-26(21(3)34-30)33(38)39-4/h16-18,20,22-23,25H,5-15,19H2,1-4H3. The number of ether oxygens (including phenoxy) is 2. The molecule has 2 aliphatic carbocycles. The fourth-order valence-corrected chi connectivity index (χ4v) is 6.78.